The average molecular weight is 298 g/mol. The van der Waals surface area contributed by atoms with Crippen LogP contribution in [-0.4, -0.2) is 25.8 Å². The Labute approximate surface area is 116 Å². The molecule has 0 spiro atoms. The molecule has 0 aliphatic heterocycles. The minimum Gasteiger partial charge on any atom is -0.506 e. The highest BCUT2D eigenvalue weighted by atomic mass is 32.2. The van der Waals surface area contributed by atoms with E-state index in [0.29, 0.717) is 0 Å². The summed E-state index contributed by atoms with van der Waals surface area (Å²) in [4.78, 5) is -0.0530. The Hall–Kier alpha value is -2.22. The molecule has 0 radical (unpaired) electrons. The predicted molar refractivity (Wildman–Crippen MR) is 71.4 cm³/mol. The summed E-state index contributed by atoms with van der Waals surface area (Å²) in [5.74, 6) is 0.143. The Morgan fingerprint density at radius 1 is 1.35 bits per heavy atom. The summed E-state index contributed by atoms with van der Waals surface area (Å²) in [5, 5.41) is 13.4. The zero-order chi connectivity index (χ0) is 14.9. The molecule has 1 aromatic heterocycles. The van der Waals surface area contributed by atoms with Gasteiger partial charge >= 0.3 is 0 Å². The van der Waals surface area contributed by atoms with Crippen molar-refractivity contribution < 1.29 is 22.8 Å². The standard InChI is InChI=1S/C12H14N2O5S/c1-7-12(8(2)19-13-7)20(16,17)14-11-9(15)5-4-6-10(11)18-3/h4-6,14-15H,1-3H3. The van der Waals surface area contributed by atoms with E-state index in [-0.39, 0.29) is 33.5 Å². The van der Waals surface area contributed by atoms with Crippen LogP contribution in [0.3, 0.4) is 0 Å². The zero-order valence-corrected chi connectivity index (χ0v) is 12.0. The van der Waals surface area contributed by atoms with Crippen LogP contribution in [0.1, 0.15) is 11.5 Å². The highest BCUT2D eigenvalue weighted by Gasteiger charge is 2.26. The fraction of sp³-hybridized carbons (Fsp3) is 0.250. The number of rotatable bonds is 4. The number of aromatic hydroxyl groups is 1. The number of nitrogens with zero attached hydrogens (tertiary/aromatic N) is 1. The van der Waals surface area contributed by atoms with E-state index in [1.165, 1.54) is 33.1 Å². The van der Waals surface area contributed by atoms with Gasteiger partial charge in [0.2, 0.25) is 0 Å². The van der Waals surface area contributed by atoms with E-state index in [0.717, 1.165) is 0 Å². The van der Waals surface area contributed by atoms with Crippen LogP contribution in [0.5, 0.6) is 11.5 Å². The lowest BCUT2D eigenvalue weighted by Crippen LogP contribution is -2.15. The monoisotopic (exact) mass is 298 g/mol. The topological polar surface area (TPSA) is 102 Å². The molecule has 0 bridgehead atoms. The maximum Gasteiger partial charge on any atom is 0.267 e. The third kappa shape index (κ3) is 2.42. The maximum atomic E-state index is 12.3. The molecule has 2 N–H and O–H groups in total. The molecule has 7 nitrogen and oxygen atoms in total. The molecule has 2 aromatic rings. The van der Waals surface area contributed by atoms with Crippen LogP contribution in [0.2, 0.25) is 0 Å². The van der Waals surface area contributed by atoms with Crippen molar-refractivity contribution in [2.24, 2.45) is 0 Å². The number of anilines is 1. The number of aromatic nitrogens is 1. The van der Waals surface area contributed by atoms with Crippen molar-refractivity contribution in [1.29, 1.82) is 0 Å². The second-order valence-corrected chi connectivity index (χ2v) is 5.73. The van der Waals surface area contributed by atoms with E-state index in [9.17, 15) is 13.5 Å². The third-order valence-electron chi connectivity index (χ3n) is 2.70. The third-order valence-corrected chi connectivity index (χ3v) is 4.29. The van der Waals surface area contributed by atoms with E-state index in [2.05, 4.69) is 9.88 Å². The van der Waals surface area contributed by atoms with Gasteiger partial charge in [0.1, 0.15) is 22.9 Å². The van der Waals surface area contributed by atoms with Gasteiger partial charge in [-0.05, 0) is 26.0 Å². The van der Waals surface area contributed by atoms with Gasteiger partial charge in [-0.3, -0.25) is 4.72 Å². The molecular weight excluding hydrogens is 284 g/mol. The molecule has 1 heterocycles. The summed E-state index contributed by atoms with van der Waals surface area (Å²) < 4.78 is 36.8. The lowest BCUT2D eigenvalue weighted by Gasteiger charge is -2.12. The average Bonchev–Trinajstić information content (AvgIpc) is 2.72. The van der Waals surface area contributed by atoms with Gasteiger partial charge in [0.05, 0.1) is 7.11 Å². The second-order valence-electron chi connectivity index (χ2n) is 4.11. The number of benzene rings is 1. The van der Waals surface area contributed by atoms with Crippen molar-refractivity contribution in [3.63, 3.8) is 0 Å². The zero-order valence-electron chi connectivity index (χ0n) is 11.2. The highest BCUT2D eigenvalue weighted by Crippen LogP contribution is 2.35. The molecule has 1 aromatic carbocycles. The summed E-state index contributed by atoms with van der Waals surface area (Å²) in [5.41, 5.74) is 0.208. The van der Waals surface area contributed by atoms with Gasteiger partial charge in [-0.15, -0.1) is 0 Å². The highest BCUT2D eigenvalue weighted by molar-refractivity contribution is 7.92. The number of sulfonamides is 1. The number of ether oxygens (including phenoxy) is 1. The summed E-state index contributed by atoms with van der Waals surface area (Å²) in [6, 6.07) is 4.43. The normalized spacial score (nSPS) is 11.3. The van der Waals surface area contributed by atoms with Gasteiger partial charge in [-0.2, -0.15) is 0 Å². The molecule has 8 heteroatoms. The van der Waals surface area contributed by atoms with Crippen LogP contribution < -0.4 is 9.46 Å². The fourth-order valence-electron chi connectivity index (χ4n) is 1.84. The Kier molecular flexibility index (Phi) is 3.58. The molecule has 2 rings (SSSR count). The quantitative estimate of drug-likeness (QED) is 0.835. The number of aryl methyl sites for hydroxylation is 2. The maximum absolute atomic E-state index is 12.3. The summed E-state index contributed by atoms with van der Waals surface area (Å²) in [6.07, 6.45) is 0. The summed E-state index contributed by atoms with van der Waals surface area (Å²) in [7, 11) is -2.56. The van der Waals surface area contributed by atoms with E-state index in [1.807, 2.05) is 0 Å². The molecule has 0 fully saturated rings. The van der Waals surface area contributed by atoms with Crippen molar-refractivity contribution in [1.82, 2.24) is 5.16 Å². The molecule has 0 amide bonds. The lowest BCUT2D eigenvalue weighted by atomic mass is 10.3. The predicted octanol–water partition coefficient (Wildman–Crippen LogP) is 1.81. The van der Waals surface area contributed by atoms with Gasteiger partial charge in [0.15, 0.2) is 10.7 Å². The van der Waals surface area contributed by atoms with Crippen molar-refractivity contribution in [3.8, 4) is 11.5 Å². The van der Waals surface area contributed by atoms with Crippen molar-refractivity contribution in [3.05, 3.63) is 29.7 Å². The minimum atomic E-state index is -3.93. The van der Waals surface area contributed by atoms with Crippen molar-refractivity contribution >= 4 is 15.7 Å². The number of phenols is 1. The Morgan fingerprint density at radius 2 is 2.05 bits per heavy atom. The first-order chi connectivity index (χ1) is 9.36. The van der Waals surface area contributed by atoms with Gasteiger partial charge in [-0.25, -0.2) is 8.42 Å². The van der Waals surface area contributed by atoms with Crippen LogP contribution in [0.25, 0.3) is 0 Å². The Balaban J connectivity index is 2.50. The van der Waals surface area contributed by atoms with Crippen molar-refractivity contribution in [2.45, 2.75) is 18.7 Å². The molecular formula is C12H14N2O5S. The largest absolute Gasteiger partial charge is 0.506 e. The van der Waals surface area contributed by atoms with Crippen molar-refractivity contribution in [2.75, 3.05) is 11.8 Å². The van der Waals surface area contributed by atoms with Gasteiger partial charge in [0, 0.05) is 0 Å². The molecule has 0 saturated carbocycles. The number of phenolic OH excluding ortho intramolecular Hbond substituents is 1. The first-order valence-corrected chi connectivity index (χ1v) is 7.17. The fourth-order valence-corrected chi connectivity index (χ4v) is 3.25. The van der Waals surface area contributed by atoms with Crippen LogP contribution in [0.4, 0.5) is 5.69 Å². The van der Waals surface area contributed by atoms with Gasteiger partial charge < -0.3 is 14.4 Å². The molecule has 0 saturated heterocycles. The minimum absolute atomic E-state index is 0.0324. The van der Waals surface area contributed by atoms with Crippen LogP contribution in [-0.2, 0) is 10.0 Å². The van der Waals surface area contributed by atoms with Crippen LogP contribution in [0, 0.1) is 13.8 Å². The molecule has 0 unspecified atom stereocenters. The SMILES string of the molecule is COc1cccc(O)c1NS(=O)(=O)c1c(C)noc1C. The van der Waals surface area contributed by atoms with Crippen LogP contribution in [0.15, 0.2) is 27.6 Å². The summed E-state index contributed by atoms with van der Waals surface area (Å²) >= 11 is 0. The van der Waals surface area contributed by atoms with E-state index < -0.39 is 10.0 Å². The lowest BCUT2D eigenvalue weighted by molar-refractivity contribution is 0.390. The molecule has 0 aliphatic rings. The smallest absolute Gasteiger partial charge is 0.267 e. The Morgan fingerprint density at radius 3 is 2.60 bits per heavy atom. The number of hydrogen-bond acceptors (Lipinski definition) is 6. The van der Waals surface area contributed by atoms with Crippen LogP contribution >= 0.6 is 0 Å². The molecule has 0 atom stereocenters. The van der Waals surface area contributed by atoms with E-state index in [4.69, 9.17) is 9.26 Å². The second kappa shape index (κ2) is 5.04. The first kappa shape index (κ1) is 14.2. The van der Waals surface area contributed by atoms with Gasteiger partial charge in [-0.1, -0.05) is 11.2 Å². The molecule has 108 valence electrons. The molecule has 20 heavy (non-hydrogen) atoms. The first-order valence-electron chi connectivity index (χ1n) is 5.68. The number of nitrogens with one attached hydrogen (secondary N) is 1. The summed E-state index contributed by atoms with van der Waals surface area (Å²) in [6.45, 7) is 3.02. The van der Waals surface area contributed by atoms with E-state index in [1.54, 1.807) is 6.07 Å². The van der Waals surface area contributed by atoms with E-state index >= 15 is 0 Å². The number of para-hydroxylation sites is 1. The number of hydrogen-bond donors (Lipinski definition) is 2. The number of methoxy groups -OCH3 is 1. The molecule has 0 aliphatic carbocycles. The van der Waals surface area contributed by atoms with Gasteiger partial charge in [0.25, 0.3) is 10.0 Å². The Bertz CT molecular complexity index is 717.